The summed E-state index contributed by atoms with van der Waals surface area (Å²) in [5.41, 5.74) is 4.81. The molecule has 2 heterocycles. The molecule has 0 aliphatic carbocycles. The Balaban J connectivity index is 0.00000147. The van der Waals surface area contributed by atoms with Gasteiger partial charge in [0.25, 0.3) is 0 Å². The molecular weight excluding hydrogens is 315 g/mol. The minimum atomic E-state index is 0. The van der Waals surface area contributed by atoms with Crippen molar-refractivity contribution in [3.8, 4) is 0 Å². The van der Waals surface area contributed by atoms with E-state index in [9.17, 15) is 4.79 Å². The van der Waals surface area contributed by atoms with E-state index >= 15 is 0 Å². The van der Waals surface area contributed by atoms with Crippen molar-refractivity contribution in [1.82, 2.24) is 9.88 Å². The number of amides is 1. The Morgan fingerprint density at radius 2 is 2.20 bits per heavy atom. The Labute approximate surface area is 131 Å². The molecular formula is C14H13MnN2O2S-. The summed E-state index contributed by atoms with van der Waals surface area (Å²) >= 11 is 1.48. The number of benzene rings is 1. The van der Waals surface area contributed by atoms with Crippen LogP contribution in [0.15, 0.2) is 24.3 Å². The fourth-order valence-corrected chi connectivity index (χ4v) is 2.64. The van der Waals surface area contributed by atoms with E-state index in [0.717, 1.165) is 15.8 Å². The monoisotopic (exact) mass is 328 g/mol. The van der Waals surface area contributed by atoms with Crippen LogP contribution in [0.1, 0.15) is 5.56 Å². The van der Waals surface area contributed by atoms with Crippen LogP contribution >= 0.6 is 11.3 Å². The molecule has 1 saturated heterocycles. The first-order valence-electron chi connectivity index (χ1n) is 6.14. The molecule has 20 heavy (non-hydrogen) atoms. The number of aromatic nitrogens is 1. The maximum absolute atomic E-state index is 12.0. The van der Waals surface area contributed by atoms with Crippen LogP contribution in [0.4, 0.5) is 0 Å². The summed E-state index contributed by atoms with van der Waals surface area (Å²) in [6.07, 6.45) is 3.47. The van der Waals surface area contributed by atoms with Crippen LogP contribution in [-0.4, -0.2) is 42.1 Å². The summed E-state index contributed by atoms with van der Waals surface area (Å²) in [6.45, 7) is 2.60. The molecule has 0 saturated carbocycles. The van der Waals surface area contributed by atoms with Gasteiger partial charge in [0, 0.05) is 36.2 Å². The van der Waals surface area contributed by atoms with Gasteiger partial charge < -0.3 is 14.6 Å². The van der Waals surface area contributed by atoms with E-state index in [4.69, 9.17) is 4.74 Å². The average Bonchev–Trinajstić information content (AvgIpc) is 2.93. The van der Waals surface area contributed by atoms with Gasteiger partial charge in [0.05, 0.1) is 13.2 Å². The van der Waals surface area contributed by atoms with Crippen molar-refractivity contribution in [2.45, 2.75) is 0 Å². The molecule has 0 spiro atoms. The summed E-state index contributed by atoms with van der Waals surface area (Å²) in [5, 5.41) is 0. The predicted octanol–water partition coefficient (Wildman–Crippen LogP) is 1.97. The third-order valence-corrected chi connectivity index (χ3v) is 3.78. The minimum Gasteiger partial charge on any atom is -0.386 e. The Bertz CT molecular complexity index is 620. The first-order valence-corrected chi connectivity index (χ1v) is 6.96. The molecule has 1 aliphatic heterocycles. The molecule has 6 heteroatoms. The van der Waals surface area contributed by atoms with Crippen molar-refractivity contribution < 1.29 is 26.6 Å². The fourth-order valence-electron chi connectivity index (χ4n) is 1.99. The van der Waals surface area contributed by atoms with Crippen LogP contribution in [0.2, 0.25) is 0 Å². The first-order chi connectivity index (χ1) is 9.33. The number of carbonyl (C=O) groups is 1. The molecule has 0 unspecified atom stereocenters. The van der Waals surface area contributed by atoms with E-state index in [1.807, 2.05) is 24.3 Å². The van der Waals surface area contributed by atoms with Crippen molar-refractivity contribution in [1.29, 1.82) is 0 Å². The number of fused-ring (bicyclic) bond motifs is 1. The minimum absolute atomic E-state index is 0. The van der Waals surface area contributed by atoms with Crippen molar-refractivity contribution in [3.63, 3.8) is 0 Å². The molecule has 3 rings (SSSR count). The molecule has 1 radical (unpaired) electrons. The fraction of sp³-hybridized carbons (Fsp3) is 0.286. The van der Waals surface area contributed by atoms with E-state index in [0.29, 0.717) is 26.3 Å². The van der Waals surface area contributed by atoms with Crippen molar-refractivity contribution in [2.24, 2.45) is 0 Å². The molecule has 2 aromatic rings. The largest absolute Gasteiger partial charge is 0.386 e. The number of hydrogen-bond acceptors (Lipinski definition) is 4. The van der Waals surface area contributed by atoms with Gasteiger partial charge in [-0.05, 0) is 11.1 Å². The third kappa shape index (κ3) is 3.46. The molecule has 0 atom stereocenters. The van der Waals surface area contributed by atoms with Gasteiger partial charge in [0.15, 0.2) is 0 Å². The Morgan fingerprint density at radius 3 is 3.00 bits per heavy atom. The number of nitrogens with zero attached hydrogens (tertiary/aromatic N) is 2. The topological polar surface area (TPSA) is 42.4 Å². The second-order valence-electron chi connectivity index (χ2n) is 4.30. The maximum Gasteiger partial charge on any atom is 0.246 e. The zero-order valence-electron chi connectivity index (χ0n) is 10.7. The number of morpholine rings is 1. The van der Waals surface area contributed by atoms with Gasteiger partial charge >= 0.3 is 0 Å². The summed E-state index contributed by atoms with van der Waals surface area (Å²) in [5.74, 6) is 0.0410. The van der Waals surface area contributed by atoms with Gasteiger partial charge in [-0.1, -0.05) is 22.4 Å². The van der Waals surface area contributed by atoms with Crippen LogP contribution < -0.4 is 0 Å². The SMILES string of the molecule is O=C(/C=C/c1ccc2n[c-]sc2c1)N1CCOCC1.[Mn]. The number of rotatable bonds is 2. The summed E-state index contributed by atoms with van der Waals surface area (Å²) in [6, 6.07) is 5.92. The van der Waals surface area contributed by atoms with E-state index in [-0.39, 0.29) is 23.0 Å². The van der Waals surface area contributed by atoms with Gasteiger partial charge in [-0.2, -0.15) is 0 Å². The summed E-state index contributed by atoms with van der Waals surface area (Å²) in [4.78, 5) is 17.9. The summed E-state index contributed by atoms with van der Waals surface area (Å²) in [7, 11) is 0. The molecule has 0 N–H and O–H groups in total. The number of thiazole rings is 1. The molecule has 1 aromatic carbocycles. The molecule has 1 fully saturated rings. The standard InChI is InChI=1S/C14H13N2O2S.Mn/c17-14(16-5-7-18-8-6-16)4-2-11-1-3-12-13(9-11)19-10-15-12;/h1-4,9H,5-8H2;/q-1;/b4-2+;. The zero-order chi connectivity index (χ0) is 13.1. The van der Waals surface area contributed by atoms with E-state index < -0.39 is 0 Å². The Morgan fingerprint density at radius 1 is 1.40 bits per heavy atom. The zero-order valence-corrected chi connectivity index (χ0v) is 12.7. The average molecular weight is 328 g/mol. The van der Waals surface area contributed by atoms with Gasteiger partial charge in [0.1, 0.15) is 0 Å². The van der Waals surface area contributed by atoms with Crippen LogP contribution in [0.3, 0.4) is 0 Å². The van der Waals surface area contributed by atoms with Crippen molar-refractivity contribution in [3.05, 3.63) is 35.3 Å². The van der Waals surface area contributed by atoms with Gasteiger partial charge in [-0.25, -0.2) is 0 Å². The van der Waals surface area contributed by atoms with E-state index in [1.165, 1.54) is 11.3 Å². The van der Waals surface area contributed by atoms with Crippen LogP contribution in [0.5, 0.6) is 0 Å². The van der Waals surface area contributed by atoms with Gasteiger partial charge in [-0.15, -0.1) is 12.1 Å². The number of ether oxygens (including phenoxy) is 1. The molecule has 1 aromatic heterocycles. The van der Waals surface area contributed by atoms with Crippen LogP contribution in [0, 0.1) is 5.51 Å². The summed E-state index contributed by atoms with van der Waals surface area (Å²) < 4.78 is 6.31. The quantitative estimate of drug-likeness (QED) is 0.481. The van der Waals surface area contributed by atoms with E-state index in [1.54, 1.807) is 11.0 Å². The second kappa shape index (κ2) is 6.99. The molecule has 4 nitrogen and oxygen atoms in total. The van der Waals surface area contributed by atoms with Crippen molar-refractivity contribution >= 4 is 33.5 Å². The van der Waals surface area contributed by atoms with E-state index in [2.05, 4.69) is 10.5 Å². The maximum atomic E-state index is 12.0. The van der Waals surface area contributed by atoms with Crippen LogP contribution in [0.25, 0.3) is 16.3 Å². The van der Waals surface area contributed by atoms with Gasteiger partial charge in [0.2, 0.25) is 5.91 Å². The second-order valence-corrected chi connectivity index (χ2v) is 5.13. The number of hydrogen-bond donors (Lipinski definition) is 0. The van der Waals surface area contributed by atoms with Gasteiger partial charge in [-0.3, -0.25) is 16.1 Å². The normalized spacial score (nSPS) is 15.5. The molecule has 1 amide bonds. The molecule has 1 aliphatic rings. The van der Waals surface area contributed by atoms with Crippen LogP contribution in [-0.2, 0) is 26.6 Å². The Hall–Kier alpha value is -1.20. The number of carbonyl (C=O) groups excluding carboxylic acids is 1. The predicted molar refractivity (Wildman–Crippen MR) is 74.9 cm³/mol. The Kier molecular flexibility index (Phi) is 5.31. The molecule has 105 valence electrons. The van der Waals surface area contributed by atoms with Crippen molar-refractivity contribution in [2.75, 3.05) is 26.3 Å². The smallest absolute Gasteiger partial charge is 0.246 e. The third-order valence-electron chi connectivity index (χ3n) is 3.05. The molecule has 0 bridgehead atoms. The first kappa shape index (κ1) is 15.2.